The maximum Gasteiger partial charge on any atom is 0.323 e. The van der Waals surface area contributed by atoms with E-state index in [1.54, 1.807) is 60.7 Å². The van der Waals surface area contributed by atoms with E-state index in [0.29, 0.717) is 43.8 Å². The summed E-state index contributed by atoms with van der Waals surface area (Å²) in [5, 5.41) is 15.8. The first kappa shape index (κ1) is 22.2. The summed E-state index contributed by atoms with van der Waals surface area (Å²) in [7, 11) is 0. The zero-order valence-corrected chi connectivity index (χ0v) is 18.5. The number of benzene rings is 3. The van der Waals surface area contributed by atoms with Crippen molar-refractivity contribution in [2.75, 3.05) is 10.6 Å². The van der Waals surface area contributed by atoms with Crippen molar-refractivity contribution >= 4 is 40.6 Å². The molecule has 4 aromatic rings. The second-order valence-corrected chi connectivity index (χ2v) is 7.90. The molecule has 0 bridgehead atoms. The molecular formula is C25H16Cl2N4O2. The van der Waals surface area contributed by atoms with E-state index in [4.69, 9.17) is 23.2 Å². The molecule has 0 saturated heterocycles. The van der Waals surface area contributed by atoms with E-state index in [9.17, 15) is 14.9 Å². The third-order valence-corrected chi connectivity index (χ3v) is 5.40. The SMILES string of the molecule is N#Cc1c(-c2ccc(Cl)cc2Cl)cc(-c2ccc(NC(=O)Nc3ccccc3)cc2)[nH]c1=O. The number of carbonyl (C=O) groups is 1. The number of pyridine rings is 1. The number of nitriles is 1. The minimum Gasteiger partial charge on any atom is -0.321 e. The number of nitrogens with one attached hydrogen (secondary N) is 3. The molecule has 0 aliphatic carbocycles. The van der Waals surface area contributed by atoms with Gasteiger partial charge in [0.05, 0.1) is 0 Å². The highest BCUT2D eigenvalue weighted by Gasteiger charge is 2.15. The number of urea groups is 1. The molecule has 3 aromatic carbocycles. The van der Waals surface area contributed by atoms with Crippen molar-refractivity contribution in [3.05, 3.63) is 105 Å². The first-order valence-corrected chi connectivity index (χ1v) is 10.6. The molecule has 0 aliphatic rings. The van der Waals surface area contributed by atoms with Gasteiger partial charge in [0.1, 0.15) is 11.6 Å². The molecule has 3 N–H and O–H groups in total. The standard InChI is InChI=1S/C25H16Cl2N4O2/c26-16-8-11-19(22(27)12-16)20-13-23(31-24(32)21(20)14-28)15-6-9-18(10-7-15)30-25(33)29-17-4-2-1-3-5-17/h1-13H,(H,31,32)(H2,29,30,33). The van der Waals surface area contributed by atoms with Crippen LogP contribution in [0.25, 0.3) is 22.4 Å². The smallest absolute Gasteiger partial charge is 0.321 e. The Morgan fingerprint density at radius 1 is 0.848 bits per heavy atom. The van der Waals surface area contributed by atoms with Crippen LogP contribution in [0.4, 0.5) is 16.2 Å². The van der Waals surface area contributed by atoms with Crippen molar-refractivity contribution in [1.82, 2.24) is 4.98 Å². The van der Waals surface area contributed by atoms with E-state index >= 15 is 0 Å². The van der Waals surface area contributed by atoms with Crippen LogP contribution in [0.3, 0.4) is 0 Å². The molecule has 0 aliphatic heterocycles. The number of hydrogen-bond donors (Lipinski definition) is 3. The van der Waals surface area contributed by atoms with Crippen molar-refractivity contribution in [2.45, 2.75) is 0 Å². The Labute approximate surface area is 199 Å². The average molecular weight is 475 g/mol. The summed E-state index contributed by atoms with van der Waals surface area (Å²) in [6.07, 6.45) is 0. The number of rotatable bonds is 4. The number of halogens is 2. The minimum absolute atomic E-state index is 0.0427. The molecular weight excluding hydrogens is 459 g/mol. The van der Waals surface area contributed by atoms with Gasteiger partial charge in [-0.1, -0.05) is 59.6 Å². The molecule has 0 fully saturated rings. The maximum absolute atomic E-state index is 12.6. The normalized spacial score (nSPS) is 10.3. The Kier molecular flexibility index (Phi) is 6.45. The molecule has 162 valence electrons. The number of para-hydroxylation sites is 1. The third kappa shape index (κ3) is 5.07. The number of aromatic nitrogens is 1. The quantitative estimate of drug-likeness (QED) is 0.313. The average Bonchev–Trinajstić information content (AvgIpc) is 2.80. The summed E-state index contributed by atoms with van der Waals surface area (Å²) in [4.78, 5) is 27.5. The van der Waals surface area contributed by atoms with Crippen molar-refractivity contribution in [2.24, 2.45) is 0 Å². The lowest BCUT2D eigenvalue weighted by molar-refractivity contribution is 0.262. The number of carbonyl (C=O) groups excluding carboxylic acids is 1. The molecule has 4 rings (SSSR count). The second-order valence-electron chi connectivity index (χ2n) is 7.06. The molecule has 2 amide bonds. The van der Waals surface area contributed by atoms with E-state index in [-0.39, 0.29) is 11.6 Å². The molecule has 1 heterocycles. The predicted molar refractivity (Wildman–Crippen MR) is 132 cm³/mol. The molecule has 0 radical (unpaired) electrons. The Morgan fingerprint density at radius 2 is 1.52 bits per heavy atom. The number of H-pyrrole nitrogens is 1. The van der Waals surface area contributed by atoms with Crippen molar-refractivity contribution in [3.8, 4) is 28.5 Å². The number of amides is 2. The lowest BCUT2D eigenvalue weighted by atomic mass is 9.99. The summed E-state index contributed by atoms with van der Waals surface area (Å²) in [6, 6.07) is 24.2. The Morgan fingerprint density at radius 3 is 2.15 bits per heavy atom. The van der Waals surface area contributed by atoms with Crippen LogP contribution >= 0.6 is 23.2 Å². The van der Waals surface area contributed by atoms with Gasteiger partial charge in [-0.05, 0) is 48.0 Å². The van der Waals surface area contributed by atoms with Gasteiger partial charge >= 0.3 is 6.03 Å². The molecule has 0 unspecified atom stereocenters. The van der Waals surface area contributed by atoms with Crippen molar-refractivity contribution < 1.29 is 4.79 Å². The molecule has 8 heteroatoms. The first-order valence-electron chi connectivity index (χ1n) is 9.81. The summed E-state index contributed by atoms with van der Waals surface area (Å²) in [6.45, 7) is 0. The topological polar surface area (TPSA) is 97.8 Å². The van der Waals surface area contributed by atoms with Crippen LogP contribution in [0, 0.1) is 11.3 Å². The predicted octanol–water partition coefficient (Wildman–Crippen LogP) is 6.53. The van der Waals surface area contributed by atoms with Crippen LogP contribution in [0.1, 0.15) is 5.56 Å². The van der Waals surface area contributed by atoms with Gasteiger partial charge in [-0.25, -0.2) is 4.79 Å². The fraction of sp³-hybridized carbons (Fsp3) is 0. The van der Waals surface area contributed by atoms with E-state index in [1.807, 2.05) is 24.3 Å². The first-order chi connectivity index (χ1) is 15.9. The number of hydrogen-bond acceptors (Lipinski definition) is 3. The van der Waals surface area contributed by atoms with Gasteiger partial charge in [0.15, 0.2) is 0 Å². The Hall–Kier alpha value is -4.05. The van der Waals surface area contributed by atoms with Crippen LogP contribution in [0.15, 0.2) is 83.7 Å². The third-order valence-electron chi connectivity index (χ3n) is 4.85. The highest BCUT2D eigenvalue weighted by molar-refractivity contribution is 6.36. The monoisotopic (exact) mass is 474 g/mol. The molecule has 0 spiro atoms. The molecule has 33 heavy (non-hydrogen) atoms. The maximum atomic E-state index is 12.6. The largest absolute Gasteiger partial charge is 0.323 e. The summed E-state index contributed by atoms with van der Waals surface area (Å²) >= 11 is 12.3. The molecule has 0 atom stereocenters. The number of aromatic amines is 1. The zero-order valence-electron chi connectivity index (χ0n) is 17.0. The van der Waals surface area contributed by atoms with Crippen LogP contribution in [-0.2, 0) is 0 Å². The van der Waals surface area contributed by atoms with Gasteiger partial charge in [-0.2, -0.15) is 5.26 Å². The molecule has 6 nitrogen and oxygen atoms in total. The van der Waals surface area contributed by atoms with Crippen LogP contribution in [0.2, 0.25) is 10.0 Å². The van der Waals surface area contributed by atoms with E-state index in [0.717, 1.165) is 0 Å². The summed E-state index contributed by atoms with van der Waals surface area (Å²) < 4.78 is 0. The van der Waals surface area contributed by atoms with Gasteiger partial charge in [-0.3, -0.25) is 4.79 Å². The number of anilines is 2. The lowest BCUT2D eigenvalue weighted by Crippen LogP contribution is -2.19. The van der Waals surface area contributed by atoms with Gasteiger partial charge in [-0.15, -0.1) is 0 Å². The van der Waals surface area contributed by atoms with Gasteiger partial charge in [0.2, 0.25) is 0 Å². The van der Waals surface area contributed by atoms with Crippen molar-refractivity contribution in [1.29, 1.82) is 5.26 Å². The van der Waals surface area contributed by atoms with E-state index in [1.165, 1.54) is 0 Å². The van der Waals surface area contributed by atoms with Gasteiger partial charge in [0.25, 0.3) is 5.56 Å². The fourth-order valence-corrected chi connectivity index (χ4v) is 3.80. The molecule has 1 aromatic heterocycles. The van der Waals surface area contributed by atoms with Gasteiger partial charge < -0.3 is 15.6 Å². The highest BCUT2D eigenvalue weighted by Crippen LogP contribution is 2.33. The highest BCUT2D eigenvalue weighted by atomic mass is 35.5. The minimum atomic E-state index is -0.527. The second kappa shape index (κ2) is 9.61. The van der Waals surface area contributed by atoms with Crippen LogP contribution < -0.4 is 16.2 Å². The Bertz CT molecular complexity index is 1430. The van der Waals surface area contributed by atoms with Gasteiger partial charge in [0, 0.05) is 38.2 Å². The fourth-order valence-electron chi connectivity index (χ4n) is 3.29. The van der Waals surface area contributed by atoms with Crippen LogP contribution in [-0.4, -0.2) is 11.0 Å². The van der Waals surface area contributed by atoms with Crippen molar-refractivity contribution in [3.63, 3.8) is 0 Å². The zero-order chi connectivity index (χ0) is 23.4. The van der Waals surface area contributed by atoms with E-state index in [2.05, 4.69) is 15.6 Å². The lowest BCUT2D eigenvalue weighted by Gasteiger charge is -2.11. The van der Waals surface area contributed by atoms with Crippen LogP contribution in [0.5, 0.6) is 0 Å². The summed E-state index contributed by atoms with van der Waals surface area (Å²) in [5.41, 5.74) is 2.80. The number of nitrogens with zero attached hydrogens (tertiary/aromatic N) is 1. The van der Waals surface area contributed by atoms with E-state index < -0.39 is 5.56 Å². The Balaban J connectivity index is 1.62. The summed E-state index contributed by atoms with van der Waals surface area (Å²) in [5.74, 6) is 0. The molecule has 0 saturated carbocycles.